The van der Waals surface area contributed by atoms with Gasteiger partial charge in [0.05, 0.1) is 33.9 Å². The lowest BCUT2D eigenvalue weighted by molar-refractivity contribution is 0.260. The molecule has 43 heavy (non-hydrogen) atoms. The van der Waals surface area contributed by atoms with Gasteiger partial charge in [-0.05, 0) is 79.0 Å². The first-order chi connectivity index (χ1) is 21.0. The summed E-state index contributed by atoms with van der Waals surface area (Å²) in [5.41, 5.74) is 11.9. The molecule has 7 nitrogen and oxygen atoms in total. The van der Waals surface area contributed by atoms with E-state index in [-0.39, 0.29) is 11.9 Å². The second kappa shape index (κ2) is 10.9. The molecule has 7 rings (SSSR count). The fourth-order valence-corrected chi connectivity index (χ4v) is 5.94. The second-order valence-corrected chi connectivity index (χ2v) is 11.8. The maximum Gasteiger partial charge on any atom is 0.123 e. The van der Waals surface area contributed by atoms with E-state index in [2.05, 4.69) is 52.8 Å². The van der Waals surface area contributed by atoms with Gasteiger partial charge in [-0.3, -0.25) is 9.99 Å². The summed E-state index contributed by atoms with van der Waals surface area (Å²) < 4.78 is 14.0. The van der Waals surface area contributed by atoms with Crippen LogP contribution in [-0.2, 0) is 5.44 Å². The molecule has 4 N–H and O–H groups in total. The van der Waals surface area contributed by atoms with Crippen molar-refractivity contribution in [1.29, 1.82) is 5.26 Å². The molecule has 1 unspecified atom stereocenters. The molecule has 214 valence electrons. The van der Waals surface area contributed by atoms with E-state index < -0.39 is 5.44 Å². The molecule has 2 fully saturated rings. The van der Waals surface area contributed by atoms with Gasteiger partial charge in [0.2, 0.25) is 0 Å². The van der Waals surface area contributed by atoms with Gasteiger partial charge < -0.3 is 16.1 Å². The monoisotopic (exact) mass is 569 g/mol. The summed E-state index contributed by atoms with van der Waals surface area (Å²) in [6, 6.07) is 23.5. The number of fused-ring (bicyclic) bond motifs is 1. The van der Waals surface area contributed by atoms with E-state index in [1.807, 2.05) is 35.5 Å². The molecule has 4 aromatic rings. The Bertz CT molecular complexity index is 1730. The predicted molar refractivity (Wildman–Crippen MR) is 168 cm³/mol. The van der Waals surface area contributed by atoms with Gasteiger partial charge in [-0.25, -0.2) is 4.39 Å². The number of hydrazine groups is 2. The lowest BCUT2D eigenvalue weighted by atomic mass is 9.69. The summed E-state index contributed by atoms with van der Waals surface area (Å²) in [6.45, 7) is 2.13. The highest BCUT2D eigenvalue weighted by Gasteiger charge is 2.38. The van der Waals surface area contributed by atoms with Gasteiger partial charge in [-0.1, -0.05) is 49.4 Å². The van der Waals surface area contributed by atoms with Crippen molar-refractivity contribution < 1.29 is 4.39 Å². The molecule has 2 aliphatic carbocycles. The van der Waals surface area contributed by atoms with Crippen molar-refractivity contribution in [2.24, 2.45) is 0 Å². The van der Waals surface area contributed by atoms with Crippen LogP contribution in [0.3, 0.4) is 0 Å². The minimum Gasteiger partial charge on any atom is -0.378 e. The van der Waals surface area contributed by atoms with Gasteiger partial charge in [0.25, 0.3) is 0 Å². The number of hydrogen-bond donors (Lipinski definition) is 4. The van der Waals surface area contributed by atoms with Crippen LogP contribution in [0.1, 0.15) is 73.2 Å². The Morgan fingerprint density at radius 2 is 1.88 bits per heavy atom. The first kappa shape index (κ1) is 27.3. The number of pyridine rings is 1. The van der Waals surface area contributed by atoms with Crippen molar-refractivity contribution in [2.45, 2.75) is 62.5 Å². The molecule has 9 heteroatoms. The van der Waals surface area contributed by atoms with Crippen LogP contribution in [0.5, 0.6) is 0 Å². The van der Waals surface area contributed by atoms with Gasteiger partial charge in [-0.2, -0.15) is 5.26 Å². The van der Waals surface area contributed by atoms with E-state index in [1.54, 1.807) is 18.3 Å². The summed E-state index contributed by atoms with van der Waals surface area (Å²) in [5, 5.41) is 20.4. The summed E-state index contributed by atoms with van der Waals surface area (Å²) in [4.78, 5) is 4.80. The average Bonchev–Trinajstić information content (AvgIpc) is 3.98. The van der Waals surface area contributed by atoms with Crippen LogP contribution in [0.4, 0.5) is 15.8 Å². The highest BCUT2D eigenvalue weighted by Crippen LogP contribution is 2.46. The van der Waals surface area contributed by atoms with Crippen LogP contribution < -0.4 is 21.6 Å². The van der Waals surface area contributed by atoms with Crippen LogP contribution in [0, 0.1) is 17.1 Å². The Morgan fingerprint density at radius 1 is 1.12 bits per heavy atom. The maximum atomic E-state index is 14.0. The molecule has 2 atom stereocenters. The highest BCUT2D eigenvalue weighted by atomic mass is 19.1. The Hall–Kier alpha value is -4.55. The van der Waals surface area contributed by atoms with Gasteiger partial charge in [0, 0.05) is 29.5 Å². The zero-order valence-electron chi connectivity index (χ0n) is 24.1. The van der Waals surface area contributed by atoms with Crippen LogP contribution in [-0.4, -0.2) is 23.9 Å². The zero-order valence-corrected chi connectivity index (χ0v) is 24.1. The number of nitriles is 1. The molecule has 0 spiro atoms. The van der Waals surface area contributed by atoms with E-state index in [0.29, 0.717) is 23.1 Å². The minimum atomic E-state index is -1.21. The average molecular weight is 569 g/mol. The van der Waals surface area contributed by atoms with Crippen molar-refractivity contribution in [3.63, 3.8) is 0 Å². The first-order valence-electron chi connectivity index (χ1n) is 15.0. The third-order valence-electron chi connectivity index (χ3n) is 8.66. The number of nitrogens with zero attached hydrogens (tertiary/aromatic N) is 3. The van der Waals surface area contributed by atoms with Crippen molar-refractivity contribution in [2.75, 3.05) is 10.6 Å². The molecule has 2 radical (unpaired) electrons. The summed E-state index contributed by atoms with van der Waals surface area (Å²) in [7, 11) is 7.23. The number of anilines is 2. The summed E-state index contributed by atoms with van der Waals surface area (Å²) in [6.07, 6.45) is 8.91. The topological polar surface area (TPSA) is 88.0 Å². The number of benzene rings is 3. The summed E-state index contributed by atoms with van der Waals surface area (Å²) >= 11 is 0. The molecule has 1 aliphatic heterocycles. The Morgan fingerprint density at radius 3 is 2.56 bits per heavy atom. The number of nitrogens with one attached hydrogen (secondary N) is 4. The first-order valence-corrected chi connectivity index (χ1v) is 15.0. The van der Waals surface area contributed by atoms with Crippen molar-refractivity contribution in [3.8, 4) is 6.07 Å². The molecule has 3 aliphatic rings. The lowest BCUT2D eigenvalue weighted by Crippen LogP contribution is -2.45. The van der Waals surface area contributed by atoms with E-state index in [4.69, 9.17) is 12.8 Å². The van der Waals surface area contributed by atoms with E-state index in [1.165, 1.54) is 12.1 Å². The second-order valence-electron chi connectivity index (χ2n) is 11.8. The smallest absolute Gasteiger partial charge is 0.123 e. The number of hydrogen-bond acceptors (Lipinski definition) is 7. The molecule has 0 bridgehead atoms. The Labute approximate surface area is 252 Å². The standard InChI is InChI=1S/C34H33BFN7/c1-2-30(22-6-4-3-5-7-22)39-32-23(18-37)19-38-33-28(21-8-9-21)16-26(17-29(32)33)40-34(35,24-10-12-25(36)13-11-24)31-20-43(42-41-31)27-14-15-27/h3-7,10-13,16-17,19-21,27,30,40-42H,2,8-9,14-15H2,1H3,(H,38,39)/t30-,34?/m1/s1. The lowest BCUT2D eigenvalue weighted by Gasteiger charge is -2.34. The zero-order chi connectivity index (χ0) is 29.6. The van der Waals surface area contributed by atoms with E-state index in [9.17, 15) is 9.65 Å². The summed E-state index contributed by atoms with van der Waals surface area (Å²) in [5.74, 6) is 0.0658. The fraction of sp³-hybridized carbons (Fsp3) is 0.294. The quantitative estimate of drug-likeness (QED) is 0.163. The van der Waals surface area contributed by atoms with Crippen LogP contribution in [0.25, 0.3) is 10.9 Å². The normalized spacial score (nSPS) is 18.3. The van der Waals surface area contributed by atoms with Crippen LogP contribution in [0.2, 0.25) is 0 Å². The maximum absolute atomic E-state index is 14.0. The van der Waals surface area contributed by atoms with Gasteiger partial charge in [-0.15, -0.1) is 5.53 Å². The molecule has 0 amide bonds. The number of halogens is 1. The van der Waals surface area contributed by atoms with Gasteiger partial charge in [0.15, 0.2) is 0 Å². The third kappa shape index (κ3) is 5.28. The Balaban J connectivity index is 1.35. The third-order valence-corrected chi connectivity index (χ3v) is 8.66. The highest BCUT2D eigenvalue weighted by molar-refractivity contribution is 6.19. The number of aromatic nitrogens is 1. The van der Waals surface area contributed by atoms with Crippen LogP contribution in [0.15, 0.2) is 84.8 Å². The molecule has 2 saturated carbocycles. The largest absolute Gasteiger partial charge is 0.378 e. The number of rotatable bonds is 10. The molecular formula is C34H33BFN7. The van der Waals surface area contributed by atoms with Crippen LogP contribution >= 0.6 is 0 Å². The van der Waals surface area contributed by atoms with Gasteiger partial charge >= 0.3 is 0 Å². The molecular weight excluding hydrogens is 536 g/mol. The van der Waals surface area contributed by atoms with E-state index >= 15 is 0 Å². The van der Waals surface area contributed by atoms with Crippen molar-refractivity contribution in [3.05, 3.63) is 113 Å². The molecule has 0 saturated heterocycles. The van der Waals surface area contributed by atoms with E-state index in [0.717, 1.165) is 71.2 Å². The van der Waals surface area contributed by atoms with Gasteiger partial charge in [0.1, 0.15) is 19.7 Å². The van der Waals surface area contributed by atoms with Crippen molar-refractivity contribution >= 4 is 30.1 Å². The predicted octanol–water partition coefficient (Wildman–Crippen LogP) is 6.45. The molecule has 1 aromatic heterocycles. The minimum absolute atomic E-state index is 0.0139. The SMILES string of the molecule is [B]C(Nc1cc(C2CC2)c2ncc(C#N)c(N[C@H](CC)c3ccccc3)c2c1)(C1=CN(C2CC2)NN1)c1ccc(F)cc1. The fourth-order valence-electron chi connectivity index (χ4n) is 5.94. The van der Waals surface area contributed by atoms with Crippen molar-refractivity contribution in [1.82, 2.24) is 21.0 Å². The molecule has 2 heterocycles. The molecule has 3 aromatic carbocycles. The Kier molecular flexibility index (Phi) is 6.94.